The van der Waals surface area contributed by atoms with Gasteiger partial charge in [0.2, 0.25) is 11.7 Å². The van der Waals surface area contributed by atoms with Crippen LogP contribution in [0.4, 0.5) is 5.69 Å². The molecule has 0 aliphatic carbocycles. The Labute approximate surface area is 179 Å². The maximum Gasteiger partial charge on any atom is 0.271 e. The van der Waals surface area contributed by atoms with Crippen LogP contribution < -0.4 is 25.3 Å². The van der Waals surface area contributed by atoms with Crippen LogP contribution in [0.25, 0.3) is 5.65 Å². The molecule has 0 spiro atoms. The molecular formula is C21H25N5O5. The van der Waals surface area contributed by atoms with Crippen LogP contribution in [0.15, 0.2) is 18.5 Å². The van der Waals surface area contributed by atoms with Crippen LogP contribution in [0.5, 0.6) is 17.2 Å². The molecule has 2 heterocycles. The Kier molecular flexibility index (Phi) is 6.28. The van der Waals surface area contributed by atoms with E-state index in [1.54, 1.807) is 16.5 Å². The number of amides is 2. The van der Waals surface area contributed by atoms with Gasteiger partial charge in [-0.3, -0.25) is 14.0 Å². The number of aromatic nitrogens is 3. The third kappa shape index (κ3) is 4.23. The molecule has 0 bridgehead atoms. The maximum absolute atomic E-state index is 12.6. The quantitative estimate of drug-likeness (QED) is 0.562. The first-order chi connectivity index (χ1) is 14.8. The number of hydrogen-bond acceptors (Lipinski definition) is 7. The van der Waals surface area contributed by atoms with Crippen LogP contribution >= 0.6 is 0 Å². The monoisotopic (exact) mass is 427 g/mol. The number of primary amides is 1. The Balaban J connectivity index is 1.78. The Bertz CT molecular complexity index is 1130. The first-order valence-corrected chi connectivity index (χ1v) is 9.53. The van der Waals surface area contributed by atoms with Crippen molar-refractivity contribution in [3.8, 4) is 17.2 Å². The number of hydrogen-bond donors (Lipinski definition) is 2. The highest BCUT2D eigenvalue weighted by molar-refractivity contribution is 5.96. The summed E-state index contributed by atoms with van der Waals surface area (Å²) in [6.07, 6.45) is 2.19. The van der Waals surface area contributed by atoms with Gasteiger partial charge < -0.3 is 25.3 Å². The van der Waals surface area contributed by atoms with E-state index in [2.05, 4.69) is 15.3 Å². The third-order valence-electron chi connectivity index (χ3n) is 5.03. The predicted molar refractivity (Wildman–Crippen MR) is 114 cm³/mol. The molecule has 1 aromatic carbocycles. The van der Waals surface area contributed by atoms with Crippen molar-refractivity contribution in [1.29, 1.82) is 0 Å². The zero-order valence-corrected chi connectivity index (χ0v) is 18.1. The number of rotatable bonds is 8. The topological polar surface area (TPSA) is 130 Å². The van der Waals surface area contributed by atoms with E-state index in [1.165, 1.54) is 27.7 Å². The largest absolute Gasteiger partial charge is 0.493 e. The number of nitrogens with one attached hydrogen (secondary N) is 1. The molecule has 0 saturated heterocycles. The van der Waals surface area contributed by atoms with Gasteiger partial charge in [0, 0.05) is 35.6 Å². The number of nitrogens with zero attached hydrogens (tertiary/aromatic N) is 3. The van der Waals surface area contributed by atoms with Crippen LogP contribution in [0.3, 0.4) is 0 Å². The minimum atomic E-state index is -0.633. The zero-order chi connectivity index (χ0) is 22.7. The predicted octanol–water partition coefficient (Wildman–Crippen LogP) is 2.04. The zero-order valence-electron chi connectivity index (χ0n) is 18.1. The van der Waals surface area contributed by atoms with Crippen LogP contribution in [0.1, 0.15) is 33.9 Å². The lowest BCUT2D eigenvalue weighted by Gasteiger charge is -2.15. The molecule has 3 N–H and O–H groups in total. The Hall–Kier alpha value is -3.82. The number of carbonyl (C=O) groups excluding carboxylic acids is 2. The first-order valence-electron chi connectivity index (χ1n) is 9.53. The minimum Gasteiger partial charge on any atom is -0.493 e. The molecule has 0 atom stereocenters. The fourth-order valence-electron chi connectivity index (χ4n) is 3.48. The highest BCUT2D eigenvalue weighted by atomic mass is 16.5. The maximum atomic E-state index is 12.6. The Morgan fingerprint density at radius 2 is 1.74 bits per heavy atom. The number of methoxy groups -OCH3 is 3. The molecule has 3 rings (SSSR count). The van der Waals surface area contributed by atoms with Gasteiger partial charge in [0.25, 0.3) is 5.91 Å². The van der Waals surface area contributed by atoms with Crippen molar-refractivity contribution in [2.24, 2.45) is 5.73 Å². The van der Waals surface area contributed by atoms with Crippen LogP contribution in [-0.4, -0.2) is 47.5 Å². The van der Waals surface area contributed by atoms with Crippen molar-refractivity contribution in [2.75, 3.05) is 26.6 Å². The Morgan fingerprint density at radius 3 is 2.29 bits per heavy atom. The summed E-state index contributed by atoms with van der Waals surface area (Å²) in [4.78, 5) is 32.6. The second-order valence-electron chi connectivity index (χ2n) is 6.87. The number of fused-ring (bicyclic) bond motifs is 1. The molecule has 164 valence electrons. The fourth-order valence-corrected chi connectivity index (χ4v) is 3.48. The summed E-state index contributed by atoms with van der Waals surface area (Å²) in [6.45, 7) is 3.72. The van der Waals surface area contributed by atoms with E-state index in [0.29, 0.717) is 40.7 Å². The number of imidazole rings is 1. The standard InChI is InChI=1S/C21H25N5O5/c1-11-14(12(2)26-10-23-18(20(22)28)21(26)24-11)6-7-17(27)25-13-8-15(29-3)19(31-5)16(9-13)30-4/h8-10H,6-7H2,1-5H3,(H2,22,28)(H,25,27). The molecule has 0 saturated carbocycles. The molecule has 0 aliphatic rings. The summed E-state index contributed by atoms with van der Waals surface area (Å²) in [5, 5.41) is 2.85. The minimum absolute atomic E-state index is 0.123. The van der Waals surface area contributed by atoms with Gasteiger partial charge in [0.1, 0.15) is 6.33 Å². The van der Waals surface area contributed by atoms with Gasteiger partial charge in [0.15, 0.2) is 22.8 Å². The van der Waals surface area contributed by atoms with Crippen LogP contribution in [0.2, 0.25) is 0 Å². The molecule has 31 heavy (non-hydrogen) atoms. The van der Waals surface area contributed by atoms with Crippen molar-refractivity contribution in [3.05, 3.63) is 41.1 Å². The molecule has 3 aromatic rings. The van der Waals surface area contributed by atoms with Crippen molar-refractivity contribution >= 4 is 23.1 Å². The van der Waals surface area contributed by atoms with Gasteiger partial charge in [0.05, 0.1) is 21.3 Å². The van der Waals surface area contributed by atoms with Crippen molar-refractivity contribution in [1.82, 2.24) is 14.4 Å². The van der Waals surface area contributed by atoms with Crippen molar-refractivity contribution < 1.29 is 23.8 Å². The van der Waals surface area contributed by atoms with Gasteiger partial charge in [-0.15, -0.1) is 0 Å². The van der Waals surface area contributed by atoms with E-state index in [-0.39, 0.29) is 18.0 Å². The van der Waals surface area contributed by atoms with E-state index in [1.807, 2.05) is 13.8 Å². The van der Waals surface area contributed by atoms with Gasteiger partial charge in [-0.05, 0) is 25.8 Å². The Morgan fingerprint density at radius 1 is 1.10 bits per heavy atom. The number of benzene rings is 1. The van der Waals surface area contributed by atoms with E-state index >= 15 is 0 Å². The van der Waals surface area contributed by atoms with E-state index in [4.69, 9.17) is 19.9 Å². The highest BCUT2D eigenvalue weighted by Gasteiger charge is 2.18. The van der Waals surface area contributed by atoms with Gasteiger partial charge in [-0.2, -0.15) is 0 Å². The highest BCUT2D eigenvalue weighted by Crippen LogP contribution is 2.40. The summed E-state index contributed by atoms with van der Waals surface area (Å²) < 4.78 is 17.6. The lowest BCUT2D eigenvalue weighted by Crippen LogP contribution is -2.15. The molecule has 10 heteroatoms. The number of carbonyl (C=O) groups is 2. The SMILES string of the molecule is COc1cc(NC(=O)CCc2c(C)nc3c(C(N)=O)ncn3c2C)cc(OC)c1OC. The number of ether oxygens (including phenoxy) is 3. The molecule has 0 fully saturated rings. The summed E-state index contributed by atoms with van der Waals surface area (Å²) in [5.74, 6) is 0.528. The van der Waals surface area contributed by atoms with E-state index in [9.17, 15) is 9.59 Å². The lowest BCUT2D eigenvalue weighted by molar-refractivity contribution is -0.116. The summed E-state index contributed by atoms with van der Waals surface area (Å²) in [7, 11) is 4.54. The van der Waals surface area contributed by atoms with Gasteiger partial charge in [-0.25, -0.2) is 9.97 Å². The average Bonchev–Trinajstić information content (AvgIpc) is 3.16. The molecule has 10 nitrogen and oxygen atoms in total. The number of anilines is 1. The molecule has 0 unspecified atom stereocenters. The second kappa shape index (κ2) is 8.90. The van der Waals surface area contributed by atoms with Crippen molar-refractivity contribution in [2.45, 2.75) is 26.7 Å². The van der Waals surface area contributed by atoms with Crippen molar-refractivity contribution in [3.63, 3.8) is 0 Å². The normalized spacial score (nSPS) is 10.7. The number of aryl methyl sites for hydroxylation is 2. The summed E-state index contributed by atoms with van der Waals surface area (Å²) in [5.41, 5.74) is 8.89. The first kappa shape index (κ1) is 21.9. The van der Waals surface area contributed by atoms with Crippen LogP contribution in [-0.2, 0) is 11.2 Å². The second-order valence-corrected chi connectivity index (χ2v) is 6.87. The molecule has 0 radical (unpaired) electrons. The molecular weight excluding hydrogens is 402 g/mol. The summed E-state index contributed by atoms with van der Waals surface area (Å²) >= 11 is 0. The number of nitrogens with two attached hydrogens (primary N) is 1. The smallest absolute Gasteiger partial charge is 0.271 e. The third-order valence-corrected chi connectivity index (χ3v) is 5.03. The summed E-state index contributed by atoms with van der Waals surface area (Å²) in [6, 6.07) is 3.33. The van der Waals surface area contributed by atoms with Gasteiger partial charge in [-0.1, -0.05) is 0 Å². The van der Waals surface area contributed by atoms with Gasteiger partial charge >= 0.3 is 0 Å². The van der Waals surface area contributed by atoms with E-state index < -0.39 is 5.91 Å². The van der Waals surface area contributed by atoms with E-state index in [0.717, 1.165) is 11.3 Å². The lowest BCUT2D eigenvalue weighted by atomic mass is 10.1. The average molecular weight is 427 g/mol. The molecule has 2 amide bonds. The molecule has 2 aromatic heterocycles. The van der Waals surface area contributed by atoms with Crippen LogP contribution in [0, 0.1) is 13.8 Å². The molecule has 0 aliphatic heterocycles. The fraction of sp³-hybridized carbons (Fsp3) is 0.333.